The van der Waals surface area contributed by atoms with E-state index in [1.807, 2.05) is 12.1 Å². The molecule has 0 heterocycles. The van der Waals surface area contributed by atoms with E-state index < -0.39 is 0 Å². The monoisotopic (exact) mass is 323 g/mol. The third-order valence-corrected chi connectivity index (χ3v) is 2.97. The van der Waals surface area contributed by atoms with E-state index in [2.05, 4.69) is 46.5 Å². The van der Waals surface area contributed by atoms with E-state index >= 15 is 0 Å². The largest absolute Gasteiger partial charge is 0.383 e. The standard InChI is InChI=1S/C14H18BrN3O/c1-10(2)9-18-14(19)5-6-17-13-4-3-12(15)7-11(13)8-16/h3-4,7,10,17H,5-6,9H2,1-2H3,(H,18,19). The second-order valence-corrected chi connectivity index (χ2v) is 5.59. The Bertz CT molecular complexity index is 480. The van der Waals surface area contributed by atoms with E-state index in [0.717, 1.165) is 10.2 Å². The highest BCUT2D eigenvalue weighted by Gasteiger charge is 2.05. The summed E-state index contributed by atoms with van der Waals surface area (Å²) in [5.74, 6) is 0.477. The summed E-state index contributed by atoms with van der Waals surface area (Å²) in [6.45, 7) is 5.32. The average molecular weight is 324 g/mol. The summed E-state index contributed by atoms with van der Waals surface area (Å²) in [6.07, 6.45) is 0.396. The number of nitriles is 1. The predicted molar refractivity (Wildman–Crippen MR) is 79.8 cm³/mol. The molecule has 19 heavy (non-hydrogen) atoms. The Labute approximate surface area is 122 Å². The first-order valence-electron chi connectivity index (χ1n) is 6.23. The quantitative estimate of drug-likeness (QED) is 0.846. The predicted octanol–water partition coefficient (Wildman–Crippen LogP) is 2.89. The van der Waals surface area contributed by atoms with Gasteiger partial charge < -0.3 is 10.6 Å². The van der Waals surface area contributed by atoms with Crippen LogP contribution < -0.4 is 10.6 Å². The summed E-state index contributed by atoms with van der Waals surface area (Å²) in [4.78, 5) is 11.5. The molecule has 0 saturated heterocycles. The molecular formula is C14H18BrN3O. The lowest BCUT2D eigenvalue weighted by molar-refractivity contribution is -0.120. The first-order valence-corrected chi connectivity index (χ1v) is 7.02. The molecular weight excluding hydrogens is 306 g/mol. The van der Waals surface area contributed by atoms with Crippen LogP contribution in [0.4, 0.5) is 5.69 Å². The van der Waals surface area contributed by atoms with Crippen molar-refractivity contribution in [1.82, 2.24) is 5.32 Å². The van der Waals surface area contributed by atoms with Crippen LogP contribution in [-0.4, -0.2) is 19.0 Å². The topological polar surface area (TPSA) is 64.9 Å². The van der Waals surface area contributed by atoms with Gasteiger partial charge in [-0.1, -0.05) is 29.8 Å². The number of amides is 1. The third-order valence-electron chi connectivity index (χ3n) is 2.48. The molecule has 1 aromatic carbocycles. The molecule has 102 valence electrons. The number of hydrogen-bond acceptors (Lipinski definition) is 3. The van der Waals surface area contributed by atoms with Gasteiger partial charge in [0.05, 0.1) is 11.3 Å². The lowest BCUT2D eigenvalue weighted by Gasteiger charge is -2.10. The molecule has 0 fully saturated rings. The van der Waals surface area contributed by atoms with E-state index in [4.69, 9.17) is 5.26 Å². The van der Waals surface area contributed by atoms with Crippen molar-refractivity contribution in [3.05, 3.63) is 28.2 Å². The summed E-state index contributed by atoms with van der Waals surface area (Å²) in [7, 11) is 0. The number of benzene rings is 1. The first kappa shape index (κ1) is 15.5. The molecule has 0 aliphatic carbocycles. The minimum atomic E-state index is 0.0248. The first-order chi connectivity index (χ1) is 9.02. The highest BCUT2D eigenvalue weighted by atomic mass is 79.9. The van der Waals surface area contributed by atoms with Gasteiger partial charge in [-0.3, -0.25) is 4.79 Å². The Morgan fingerprint density at radius 1 is 1.47 bits per heavy atom. The number of anilines is 1. The average Bonchev–Trinajstić information content (AvgIpc) is 2.38. The van der Waals surface area contributed by atoms with Crippen LogP contribution in [0.25, 0.3) is 0 Å². The molecule has 5 heteroatoms. The molecule has 4 nitrogen and oxygen atoms in total. The maximum Gasteiger partial charge on any atom is 0.221 e. The maximum absolute atomic E-state index is 11.5. The van der Waals surface area contributed by atoms with Crippen molar-refractivity contribution in [3.63, 3.8) is 0 Å². The second-order valence-electron chi connectivity index (χ2n) is 4.68. The van der Waals surface area contributed by atoms with E-state index in [1.165, 1.54) is 0 Å². The van der Waals surface area contributed by atoms with Crippen molar-refractivity contribution in [3.8, 4) is 6.07 Å². The number of halogens is 1. The highest BCUT2D eigenvalue weighted by molar-refractivity contribution is 9.10. The molecule has 0 unspecified atom stereocenters. The molecule has 0 bridgehead atoms. The molecule has 1 rings (SSSR count). The zero-order valence-corrected chi connectivity index (χ0v) is 12.8. The van der Waals surface area contributed by atoms with Crippen LogP contribution in [0, 0.1) is 17.2 Å². The Kier molecular flexibility index (Phi) is 6.37. The van der Waals surface area contributed by atoms with Gasteiger partial charge in [0, 0.05) is 24.0 Å². The van der Waals surface area contributed by atoms with Crippen molar-refractivity contribution >= 4 is 27.5 Å². The lowest BCUT2D eigenvalue weighted by Crippen LogP contribution is -2.28. The van der Waals surface area contributed by atoms with Crippen molar-refractivity contribution in [2.45, 2.75) is 20.3 Å². The Hall–Kier alpha value is -1.54. The van der Waals surface area contributed by atoms with Crippen LogP contribution in [0.3, 0.4) is 0 Å². The summed E-state index contributed by atoms with van der Waals surface area (Å²) < 4.78 is 0.865. The number of carbonyl (C=O) groups excluding carboxylic acids is 1. The Morgan fingerprint density at radius 3 is 2.84 bits per heavy atom. The number of rotatable bonds is 6. The summed E-state index contributed by atoms with van der Waals surface area (Å²) in [6, 6.07) is 7.56. The molecule has 0 aliphatic rings. The fourth-order valence-electron chi connectivity index (χ4n) is 1.48. The zero-order chi connectivity index (χ0) is 14.3. The molecule has 0 atom stereocenters. The van der Waals surface area contributed by atoms with Gasteiger partial charge in [-0.25, -0.2) is 0 Å². The second kappa shape index (κ2) is 7.80. The molecule has 0 radical (unpaired) electrons. The third kappa shape index (κ3) is 5.75. The minimum absolute atomic E-state index is 0.0248. The molecule has 0 saturated carbocycles. The maximum atomic E-state index is 11.5. The number of carbonyl (C=O) groups is 1. The number of nitrogens with one attached hydrogen (secondary N) is 2. The molecule has 0 aliphatic heterocycles. The van der Waals surface area contributed by atoms with E-state index in [0.29, 0.717) is 31.0 Å². The van der Waals surface area contributed by atoms with Gasteiger partial charge in [-0.05, 0) is 24.1 Å². The molecule has 0 aromatic heterocycles. The lowest BCUT2D eigenvalue weighted by atomic mass is 10.2. The Balaban J connectivity index is 2.41. The zero-order valence-electron chi connectivity index (χ0n) is 11.2. The van der Waals surface area contributed by atoms with E-state index in [9.17, 15) is 4.79 Å². The normalized spacial score (nSPS) is 10.1. The SMILES string of the molecule is CC(C)CNC(=O)CCNc1ccc(Br)cc1C#N. The van der Waals surface area contributed by atoms with Crippen LogP contribution in [0.2, 0.25) is 0 Å². The molecule has 0 spiro atoms. The minimum Gasteiger partial charge on any atom is -0.383 e. The smallest absolute Gasteiger partial charge is 0.221 e. The van der Waals surface area contributed by atoms with E-state index in [1.54, 1.807) is 6.07 Å². The Morgan fingerprint density at radius 2 is 2.21 bits per heavy atom. The van der Waals surface area contributed by atoms with E-state index in [-0.39, 0.29) is 5.91 Å². The van der Waals surface area contributed by atoms with Gasteiger partial charge in [-0.15, -0.1) is 0 Å². The molecule has 2 N–H and O–H groups in total. The molecule has 1 amide bonds. The van der Waals surface area contributed by atoms with Crippen LogP contribution in [0.5, 0.6) is 0 Å². The van der Waals surface area contributed by atoms with Gasteiger partial charge in [-0.2, -0.15) is 5.26 Å². The van der Waals surface area contributed by atoms with Gasteiger partial charge in [0.15, 0.2) is 0 Å². The van der Waals surface area contributed by atoms with Gasteiger partial charge in [0.1, 0.15) is 6.07 Å². The van der Waals surface area contributed by atoms with Gasteiger partial charge in [0.25, 0.3) is 0 Å². The van der Waals surface area contributed by atoms with Crippen molar-refractivity contribution < 1.29 is 4.79 Å². The van der Waals surface area contributed by atoms with Gasteiger partial charge in [0.2, 0.25) is 5.91 Å². The van der Waals surface area contributed by atoms with Crippen LogP contribution >= 0.6 is 15.9 Å². The highest BCUT2D eigenvalue weighted by Crippen LogP contribution is 2.20. The number of nitrogens with zero attached hydrogens (tertiary/aromatic N) is 1. The van der Waals surface area contributed by atoms with Crippen LogP contribution in [0.1, 0.15) is 25.8 Å². The van der Waals surface area contributed by atoms with Gasteiger partial charge >= 0.3 is 0 Å². The van der Waals surface area contributed by atoms with Crippen LogP contribution in [-0.2, 0) is 4.79 Å². The summed E-state index contributed by atoms with van der Waals surface area (Å²) in [5.41, 5.74) is 1.32. The fraction of sp³-hybridized carbons (Fsp3) is 0.429. The van der Waals surface area contributed by atoms with Crippen molar-refractivity contribution in [2.24, 2.45) is 5.92 Å². The van der Waals surface area contributed by atoms with Crippen molar-refractivity contribution in [2.75, 3.05) is 18.4 Å². The van der Waals surface area contributed by atoms with Crippen LogP contribution in [0.15, 0.2) is 22.7 Å². The summed E-state index contributed by atoms with van der Waals surface area (Å²) in [5, 5.41) is 15.0. The fourth-order valence-corrected chi connectivity index (χ4v) is 1.84. The number of hydrogen-bond donors (Lipinski definition) is 2. The summed E-state index contributed by atoms with van der Waals surface area (Å²) >= 11 is 3.32. The molecule has 1 aromatic rings. The van der Waals surface area contributed by atoms with Crippen molar-refractivity contribution in [1.29, 1.82) is 5.26 Å².